The molecule has 0 aliphatic carbocycles. The Kier molecular flexibility index (Phi) is 10.4. The summed E-state index contributed by atoms with van der Waals surface area (Å²) in [6, 6.07) is 12.2. The quantitative estimate of drug-likeness (QED) is 0.241. The van der Waals surface area contributed by atoms with E-state index in [4.69, 9.17) is 11.5 Å². The largest absolute Gasteiger partial charge is 0.368 e. The number of nitrogen functional groups attached to an aromatic ring is 2. The van der Waals surface area contributed by atoms with Crippen LogP contribution < -0.4 is 21.2 Å². The van der Waals surface area contributed by atoms with Crippen molar-refractivity contribution in [2.75, 3.05) is 11.5 Å². The summed E-state index contributed by atoms with van der Waals surface area (Å²) in [5.74, 6) is 0.340. The first-order valence-electron chi connectivity index (χ1n) is 11.1. The van der Waals surface area contributed by atoms with Gasteiger partial charge in [-0.25, -0.2) is 9.97 Å². The summed E-state index contributed by atoms with van der Waals surface area (Å²) in [7, 11) is 0. The van der Waals surface area contributed by atoms with E-state index in [-0.39, 0.29) is 29.1 Å². The highest BCUT2D eigenvalue weighted by Gasteiger charge is 2.10. The maximum atomic E-state index is 11.9. The average molecular weight is 629 g/mol. The van der Waals surface area contributed by atoms with Crippen LogP contribution in [0.4, 0.5) is 11.9 Å². The maximum absolute atomic E-state index is 11.9. The van der Waals surface area contributed by atoms with Gasteiger partial charge < -0.3 is 11.5 Å². The monoisotopic (exact) mass is 627 g/mol. The van der Waals surface area contributed by atoms with Gasteiger partial charge in [0.25, 0.3) is 0 Å². The molecular weight excluding hydrogens is 602 g/mol. The van der Waals surface area contributed by atoms with Crippen LogP contribution >= 0.6 is 38.6 Å². The number of thiazole rings is 2. The van der Waals surface area contributed by atoms with Crippen molar-refractivity contribution in [1.82, 2.24) is 34.5 Å². The summed E-state index contributed by atoms with van der Waals surface area (Å²) < 4.78 is 3.04. The molecule has 0 amide bonds. The normalized spacial score (nSPS) is 10.2. The first-order chi connectivity index (χ1) is 18.3. The molecule has 202 valence electrons. The summed E-state index contributed by atoms with van der Waals surface area (Å²) in [5.41, 5.74) is 15.5. The summed E-state index contributed by atoms with van der Waals surface area (Å²) in [4.78, 5) is 44.6. The van der Waals surface area contributed by atoms with Gasteiger partial charge >= 0.3 is 9.75 Å². The Bertz CT molecular complexity index is 1780. The first kappa shape index (κ1) is 29.5. The number of aromatic nitrogens is 7. The van der Waals surface area contributed by atoms with E-state index < -0.39 is 0 Å². The van der Waals surface area contributed by atoms with Crippen molar-refractivity contribution >= 4 is 71.2 Å². The van der Waals surface area contributed by atoms with Crippen molar-refractivity contribution in [2.45, 2.75) is 26.2 Å². The van der Waals surface area contributed by atoms with Crippen molar-refractivity contribution in [2.24, 2.45) is 0 Å². The molecule has 11 nitrogen and oxygen atoms in total. The van der Waals surface area contributed by atoms with Crippen molar-refractivity contribution in [3.05, 3.63) is 97.2 Å². The van der Waals surface area contributed by atoms with Crippen LogP contribution in [-0.4, -0.2) is 34.5 Å². The Morgan fingerprint density at radius 3 is 2.33 bits per heavy atom. The van der Waals surface area contributed by atoms with E-state index in [0.717, 1.165) is 43.0 Å². The van der Waals surface area contributed by atoms with E-state index in [0.29, 0.717) is 17.8 Å². The summed E-state index contributed by atoms with van der Waals surface area (Å²) in [6.07, 6.45) is 6.52. The first-order valence-corrected chi connectivity index (χ1v) is 13.8. The van der Waals surface area contributed by atoms with Crippen LogP contribution in [0.5, 0.6) is 0 Å². The maximum Gasteiger partial charge on any atom is 0.309 e. The van der Waals surface area contributed by atoms with Gasteiger partial charge in [-0.05, 0) is 24.1 Å². The lowest BCUT2D eigenvalue weighted by Gasteiger charge is -2.02. The molecule has 6 aromatic rings. The molecule has 0 fully saturated rings. The van der Waals surface area contributed by atoms with Gasteiger partial charge in [0.05, 0.1) is 28.3 Å². The SMILES string of the molecule is C.Cc1cccc(CBr)c1.Nc1ncc2sc(=O)[nH]c2n1.Nc1ncc2sc(=O)n(Cc3cccnc3)c2n1. The Balaban J connectivity index is 0.000000172. The topological polar surface area (TPSA) is 171 Å². The number of halogens is 1. The summed E-state index contributed by atoms with van der Waals surface area (Å²) in [5, 5.41) is 0.953. The number of fused-ring (bicyclic) bond motifs is 2. The lowest BCUT2D eigenvalue weighted by molar-refractivity contribution is 0.799. The van der Waals surface area contributed by atoms with Gasteiger partial charge in [-0.2, -0.15) is 9.97 Å². The van der Waals surface area contributed by atoms with Crippen molar-refractivity contribution in [1.29, 1.82) is 0 Å². The second-order valence-electron chi connectivity index (χ2n) is 7.81. The van der Waals surface area contributed by atoms with Crippen molar-refractivity contribution < 1.29 is 0 Å². The number of pyridine rings is 1. The minimum absolute atomic E-state index is 0. The van der Waals surface area contributed by atoms with Crippen molar-refractivity contribution in [3.8, 4) is 0 Å². The second-order valence-corrected chi connectivity index (χ2v) is 10.4. The molecule has 0 radical (unpaired) electrons. The van der Waals surface area contributed by atoms with E-state index >= 15 is 0 Å². The number of nitrogens with two attached hydrogens (primary N) is 2. The number of aryl methyl sites for hydroxylation is 1. The third-order valence-corrected chi connectivity index (χ3v) is 7.28. The third-order valence-electron chi connectivity index (χ3n) is 4.93. The molecular formula is C25H26BrN9O2S2. The van der Waals surface area contributed by atoms with Crippen LogP contribution in [0.25, 0.3) is 20.7 Å². The minimum Gasteiger partial charge on any atom is -0.368 e. The number of benzene rings is 1. The minimum atomic E-state index is -0.139. The number of hydrogen-bond donors (Lipinski definition) is 3. The van der Waals surface area contributed by atoms with Gasteiger partial charge in [0.15, 0.2) is 11.3 Å². The molecule has 5 N–H and O–H groups in total. The molecule has 14 heteroatoms. The van der Waals surface area contributed by atoms with E-state index in [1.807, 2.05) is 12.1 Å². The molecule has 0 saturated carbocycles. The van der Waals surface area contributed by atoms with Crippen molar-refractivity contribution in [3.63, 3.8) is 0 Å². The van der Waals surface area contributed by atoms with E-state index in [1.165, 1.54) is 17.3 Å². The van der Waals surface area contributed by atoms with Gasteiger partial charge in [-0.15, -0.1) is 0 Å². The van der Waals surface area contributed by atoms with Crippen LogP contribution in [-0.2, 0) is 11.9 Å². The van der Waals surface area contributed by atoms with Crippen LogP contribution in [0.1, 0.15) is 24.1 Å². The molecule has 0 spiro atoms. The number of rotatable bonds is 3. The molecule has 6 rings (SSSR count). The summed E-state index contributed by atoms with van der Waals surface area (Å²) in [6.45, 7) is 2.54. The molecule has 0 atom stereocenters. The summed E-state index contributed by atoms with van der Waals surface area (Å²) >= 11 is 5.57. The highest BCUT2D eigenvalue weighted by atomic mass is 79.9. The molecule has 0 saturated heterocycles. The van der Waals surface area contributed by atoms with E-state index in [9.17, 15) is 9.59 Å². The van der Waals surface area contributed by atoms with E-state index in [2.05, 4.69) is 77.0 Å². The number of aromatic amines is 1. The van der Waals surface area contributed by atoms with Gasteiger partial charge in [-0.1, -0.05) is 81.9 Å². The standard InChI is InChI=1S/C11H9N5OS.C8H9Br.C5H4N4OS.CH4/c12-10-14-5-8-9(15-10)16(11(17)18-8)6-7-2-1-3-13-4-7;1-7-3-2-4-8(5-7)6-9;6-4-7-1-2-3(8-4)9-5(10)11-2;/h1-5H,6H2,(H2,12,14,15);2-5H,6H2,1H3;1H,(H3,6,7,8,9,10);1H4. The lowest BCUT2D eigenvalue weighted by atomic mass is 10.2. The average Bonchev–Trinajstić information content (AvgIpc) is 3.43. The molecule has 0 aliphatic rings. The van der Waals surface area contributed by atoms with Crippen LogP contribution in [0.15, 0.2) is 70.8 Å². The molecule has 5 aromatic heterocycles. The van der Waals surface area contributed by atoms with Gasteiger partial charge in [-0.3, -0.25) is 24.1 Å². The number of H-pyrrole nitrogens is 1. The third kappa shape index (κ3) is 7.99. The molecule has 0 unspecified atom stereocenters. The highest BCUT2D eigenvalue weighted by molar-refractivity contribution is 9.08. The fourth-order valence-corrected chi connectivity index (χ4v) is 5.05. The van der Waals surface area contributed by atoms with Gasteiger partial charge in [0, 0.05) is 17.7 Å². The molecule has 1 aromatic carbocycles. The zero-order valence-electron chi connectivity index (χ0n) is 20.0. The molecule has 0 bridgehead atoms. The Morgan fingerprint density at radius 1 is 0.949 bits per heavy atom. The molecule has 0 aliphatic heterocycles. The van der Waals surface area contributed by atoms with E-state index in [1.54, 1.807) is 23.2 Å². The molecule has 39 heavy (non-hydrogen) atoms. The zero-order chi connectivity index (χ0) is 27.1. The lowest BCUT2D eigenvalue weighted by Crippen LogP contribution is -2.14. The fourth-order valence-electron chi connectivity index (χ4n) is 3.26. The number of nitrogens with zero attached hydrogens (tertiary/aromatic N) is 6. The number of hydrogen-bond acceptors (Lipinski definition) is 11. The predicted octanol–water partition coefficient (Wildman–Crippen LogP) is 4.37. The predicted molar refractivity (Wildman–Crippen MR) is 162 cm³/mol. The Labute approximate surface area is 239 Å². The highest BCUT2D eigenvalue weighted by Crippen LogP contribution is 2.16. The number of alkyl halides is 1. The Morgan fingerprint density at radius 2 is 1.67 bits per heavy atom. The fraction of sp³-hybridized carbons (Fsp3) is 0.160. The Hall–Kier alpha value is -4.01. The van der Waals surface area contributed by atoms with Gasteiger partial charge in [0.1, 0.15) is 0 Å². The second kappa shape index (κ2) is 13.7. The van der Waals surface area contributed by atoms with Crippen LogP contribution in [0.3, 0.4) is 0 Å². The van der Waals surface area contributed by atoms with Crippen LogP contribution in [0.2, 0.25) is 0 Å². The van der Waals surface area contributed by atoms with Crippen LogP contribution in [0, 0.1) is 6.92 Å². The molecule has 5 heterocycles. The zero-order valence-corrected chi connectivity index (χ0v) is 23.3. The number of anilines is 2. The number of nitrogens with one attached hydrogen (secondary N) is 1. The van der Waals surface area contributed by atoms with Gasteiger partial charge in [0.2, 0.25) is 11.9 Å². The smallest absolute Gasteiger partial charge is 0.309 e.